The number of amides is 11. The highest BCUT2D eigenvalue weighted by Gasteiger charge is 2.47. The van der Waals surface area contributed by atoms with E-state index in [9.17, 15) is 24.3 Å². The lowest BCUT2D eigenvalue weighted by Gasteiger charge is -2.41. The van der Waals surface area contributed by atoms with E-state index in [2.05, 4.69) is 26.2 Å². The summed E-state index contributed by atoms with van der Waals surface area (Å²) >= 11 is 0. The summed E-state index contributed by atoms with van der Waals surface area (Å²) in [6.07, 6.45) is 5.69. The number of carbonyl (C=O) groups excluding carboxylic acids is 11. The molecule has 11 amide bonds. The third kappa shape index (κ3) is 22.2. The van der Waals surface area contributed by atoms with Gasteiger partial charge in [-0.15, -0.1) is 0 Å². The first-order valence-electron chi connectivity index (χ1n) is 34.9. The standard InChI is InChI=1S/C70H124N12O13/c1-25-27-28-44(13)59(83)58-63(87)73-51(26-2)66(90)75(18)48(17)65(89)80(23)57(45(14)36-82-37-49-31-32-50(38-82)95-49)62(86)74-55(42(9)10)69(93)76(19)52(33-29-39(3)4)61(85)71-46(15)60(84)72-47(16)64(88)78(21)54(35-41(7)8)68(92)77(20)53(34-30-40(5)6)67(91)79(22)56(43(11)12)70(94)81(58)24/h25,27,39-59,83H,26,28-38H2,1-24H3,(H,71,85)(H,72,84)(H,73,87)(H,74,86)/b27-25+/t44-,45-,46+,47-,48-,49?,50?,51+,52+,53+,54+,55+,56+,57+,58+,59-/m1/s1. The Balaban J connectivity index is 2.36. The van der Waals surface area contributed by atoms with E-state index < -0.39 is 161 Å². The van der Waals surface area contributed by atoms with Gasteiger partial charge in [0, 0.05) is 69.0 Å². The van der Waals surface area contributed by atoms with Gasteiger partial charge in [-0.1, -0.05) is 102 Å². The molecule has 95 heavy (non-hydrogen) atoms. The second-order valence-electron chi connectivity index (χ2n) is 29.6. The van der Waals surface area contributed by atoms with Crippen molar-refractivity contribution in [3.63, 3.8) is 0 Å². The van der Waals surface area contributed by atoms with E-state index in [4.69, 9.17) is 4.74 Å². The molecule has 0 aliphatic carbocycles. The summed E-state index contributed by atoms with van der Waals surface area (Å²) in [7, 11) is 10.1. The first-order chi connectivity index (χ1) is 44.2. The number of rotatable bonds is 18. The van der Waals surface area contributed by atoms with Crippen LogP contribution in [0.3, 0.4) is 0 Å². The SMILES string of the molecule is C/C=C/C[C@@H](C)[C@@H](O)[C@H]1C(=O)N[C@@H](CC)C(=O)N(C)[C@H](C)C(=O)N(C)[C@@H]([C@H](C)CN2CC3CCC(C2)O3)C(=O)N[C@@H](C(C)C)C(=O)N(C)[C@@H](CCC(C)C)C(=O)N[C@@H](C)C(=O)N[C@H](C)C(=O)N(C)[C@@H](CC(C)C)C(=O)N(C)[C@@H](CCC(C)C)C(=O)N(C)[C@@H](C(C)C)C(=O)N1C. The van der Waals surface area contributed by atoms with E-state index in [0.717, 1.165) is 17.7 Å². The van der Waals surface area contributed by atoms with Gasteiger partial charge in [-0.2, -0.15) is 0 Å². The maximum Gasteiger partial charge on any atom is 0.246 e. The van der Waals surface area contributed by atoms with Crippen LogP contribution in [-0.2, 0) is 57.5 Å². The Hall–Kier alpha value is -6.21. The van der Waals surface area contributed by atoms with Crippen LogP contribution in [0, 0.1) is 41.4 Å². The molecule has 0 saturated carbocycles. The molecular formula is C70H124N12O13. The van der Waals surface area contributed by atoms with Crippen LogP contribution >= 0.6 is 0 Å². The molecule has 0 aromatic rings. The zero-order chi connectivity index (χ0) is 72.5. The van der Waals surface area contributed by atoms with E-state index in [1.165, 1.54) is 99.5 Å². The molecule has 0 spiro atoms. The molecule has 25 heteroatoms. The van der Waals surface area contributed by atoms with Gasteiger partial charge in [0.1, 0.15) is 66.5 Å². The number of morpholine rings is 1. The molecule has 5 N–H and O–H groups in total. The van der Waals surface area contributed by atoms with Crippen molar-refractivity contribution in [2.45, 2.75) is 260 Å². The zero-order valence-corrected chi connectivity index (χ0v) is 62.2. The lowest BCUT2D eigenvalue weighted by atomic mass is 9.91. The lowest BCUT2D eigenvalue weighted by Crippen LogP contribution is -2.64. The Bertz CT molecular complexity index is 2640. The van der Waals surface area contributed by atoms with Crippen molar-refractivity contribution in [1.82, 2.24) is 60.5 Å². The molecule has 16 atom stereocenters. The fourth-order valence-corrected chi connectivity index (χ4v) is 13.4. The number of fused-ring (bicyclic) bond motifs is 2. The van der Waals surface area contributed by atoms with E-state index in [0.29, 0.717) is 38.9 Å². The highest BCUT2D eigenvalue weighted by molar-refractivity contribution is 6.00. The van der Waals surface area contributed by atoms with E-state index >= 15 is 33.6 Å². The smallest absolute Gasteiger partial charge is 0.246 e. The number of carbonyl (C=O) groups is 11. The number of hydrogen-bond acceptors (Lipinski definition) is 14. The first-order valence-corrected chi connectivity index (χ1v) is 34.9. The van der Waals surface area contributed by atoms with Crippen molar-refractivity contribution >= 4 is 65.0 Å². The predicted molar refractivity (Wildman–Crippen MR) is 366 cm³/mol. The summed E-state index contributed by atoms with van der Waals surface area (Å²) in [6.45, 7) is 31.7. The van der Waals surface area contributed by atoms with Gasteiger partial charge < -0.3 is 65.4 Å². The molecule has 25 nitrogen and oxygen atoms in total. The van der Waals surface area contributed by atoms with Gasteiger partial charge in [-0.25, -0.2) is 0 Å². The van der Waals surface area contributed by atoms with Gasteiger partial charge in [0.2, 0.25) is 65.0 Å². The van der Waals surface area contributed by atoms with Crippen LogP contribution in [0.4, 0.5) is 0 Å². The van der Waals surface area contributed by atoms with E-state index in [1.54, 1.807) is 47.6 Å². The highest BCUT2D eigenvalue weighted by Crippen LogP contribution is 2.29. The second kappa shape index (κ2) is 37.5. The van der Waals surface area contributed by atoms with Crippen LogP contribution in [-0.4, -0.2) is 263 Å². The highest BCUT2D eigenvalue weighted by atomic mass is 16.5. The number of nitrogens with one attached hydrogen (secondary N) is 4. The summed E-state index contributed by atoms with van der Waals surface area (Å²) in [5.74, 6) is -9.70. The van der Waals surface area contributed by atoms with Crippen LogP contribution in [0.25, 0.3) is 0 Å². The normalized spacial score (nSPS) is 29.6. The van der Waals surface area contributed by atoms with Crippen molar-refractivity contribution in [1.29, 1.82) is 0 Å². The molecule has 3 aliphatic heterocycles. The number of allylic oxidation sites excluding steroid dienone is 2. The summed E-state index contributed by atoms with van der Waals surface area (Å²) in [6, 6.07) is -13.8. The maximum atomic E-state index is 15.3. The topological polar surface area (TPSA) is 291 Å². The number of aliphatic hydroxyl groups is 1. The molecule has 2 bridgehead atoms. The Morgan fingerprint density at radius 3 is 1.48 bits per heavy atom. The van der Waals surface area contributed by atoms with Crippen LogP contribution in [0.5, 0.6) is 0 Å². The van der Waals surface area contributed by atoms with Crippen molar-refractivity contribution < 1.29 is 62.6 Å². The average molecular weight is 1340 g/mol. The first kappa shape index (κ1) is 83.0. The second-order valence-corrected chi connectivity index (χ2v) is 29.6. The molecule has 3 saturated heterocycles. The largest absolute Gasteiger partial charge is 0.390 e. The van der Waals surface area contributed by atoms with Crippen LogP contribution < -0.4 is 21.3 Å². The van der Waals surface area contributed by atoms with Gasteiger partial charge in [-0.3, -0.25) is 57.6 Å². The number of likely N-dealkylation sites (N-methyl/N-ethyl adjacent to an activating group) is 7. The Morgan fingerprint density at radius 2 is 0.979 bits per heavy atom. The summed E-state index contributed by atoms with van der Waals surface area (Å²) in [5, 5.41) is 23.5. The number of nitrogens with zero attached hydrogens (tertiary/aromatic N) is 8. The Morgan fingerprint density at radius 1 is 0.495 bits per heavy atom. The molecule has 0 radical (unpaired) electrons. The number of hydrogen-bond donors (Lipinski definition) is 5. The van der Waals surface area contributed by atoms with Gasteiger partial charge >= 0.3 is 0 Å². The quantitative estimate of drug-likeness (QED) is 0.122. The third-order valence-electron chi connectivity index (χ3n) is 19.6. The Kier molecular flexibility index (Phi) is 32.8. The summed E-state index contributed by atoms with van der Waals surface area (Å²) in [4.78, 5) is 175. The van der Waals surface area contributed by atoms with E-state index in [1.807, 2.05) is 61.5 Å². The fourth-order valence-electron chi connectivity index (χ4n) is 13.4. The average Bonchev–Trinajstić information content (AvgIpc) is 1.06. The fraction of sp³-hybridized carbons (Fsp3) is 0.814. The molecule has 3 fully saturated rings. The van der Waals surface area contributed by atoms with Crippen LogP contribution in [0.15, 0.2) is 12.2 Å². The van der Waals surface area contributed by atoms with Crippen molar-refractivity contribution in [2.24, 2.45) is 41.4 Å². The molecule has 0 aromatic carbocycles. The summed E-state index contributed by atoms with van der Waals surface area (Å²) < 4.78 is 6.13. The maximum absolute atomic E-state index is 15.3. The molecule has 3 heterocycles. The van der Waals surface area contributed by atoms with Gasteiger partial charge in [0.25, 0.3) is 0 Å². The van der Waals surface area contributed by atoms with Crippen LogP contribution in [0.1, 0.15) is 175 Å². The molecular weight excluding hydrogens is 1220 g/mol. The minimum atomic E-state index is -1.63. The molecule has 542 valence electrons. The molecule has 3 aliphatic rings. The van der Waals surface area contributed by atoms with E-state index in [-0.39, 0.29) is 55.6 Å². The predicted octanol–water partition coefficient (Wildman–Crippen LogP) is 3.89. The van der Waals surface area contributed by atoms with Crippen molar-refractivity contribution in [3.05, 3.63) is 12.2 Å². The van der Waals surface area contributed by atoms with Gasteiger partial charge in [-0.05, 0) is 127 Å². The Labute approximate surface area is 568 Å². The third-order valence-corrected chi connectivity index (χ3v) is 19.6. The van der Waals surface area contributed by atoms with Crippen LogP contribution in [0.2, 0.25) is 0 Å². The minimum absolute atomic E-state index is 0.00776. The van der Waals surface area contributed by atoms with Crippen molar-refractivity contribution in [3.8, 4) is 0 Å². The number of ether oxygens (including phenoxy) is 1. The zero-order valence-electron chi connectivity index (χ0n) is 62.2. The van der Waals surface area contributed by atoms with Gasteiger partial charge in [0.15, 0.2) is 0 Å². The molecule has 2 unspecified atom stereocenters. The lowest BCUT2D eigenvalue weighted by molar-refractivity contribution is -0.157. The number of aliphatic hydroxyl groups excluding tert-OH is 1. The molecule has 3 rings (SSSR count). The number of likely N-dealkylation sites (tertiary alicyclic amines) is 1. The molecule has 0 aromatic heterocycles. The summed E-state index contributed by atoms with van der Waals surface area (Å²) in [5.41, 5.74) is 0. The minimum Gasteiger partial charge on any atom is -0.390 e. The van der Waals surface area contributed by atoms with Gasteiger partial charge in [0.05, 0.1) is 18.3 Å². The van der Waals surface area contributed by atoms with Crippen molar-refractivity contribution in [2.75, 3.05) is 69.0 Å². The monoisotopic (exact) mass is 1340 g/mol.